The lowest BCUT2D eigenvalue weighted by Crippen LogP contribution is -2.51. The van der Waals surface area contributed by atoms with Crippen molar-refractivity contribution < 1.29 is 4.79 Å². The molecule has 0 saturated carbocycles. The van der Waals surface area contributed by atoms with Crippen molar-refractivity contribution in [2.75, 3.05) is 44.2 Å². The largest absolute Gasteiger partial charge is 0.356 e. The maximum atomic E-state index is 12.8. The van der Waals surface area contributed by atoms with Gasteiger partial charge in [0.05, 0.1) is 11.3 Å². The average Bonchev–Trinajstić information content (AvgIpc) is 3.45. The molecule has 3 fully saturated rings. The molecule has 3 saturated heterocycles. The topological polar surface area (TPSA) is 52.6 Å². The summed E-state index contributed by atoms with van der Waals surface area (Å²) in [5.74, 6) is 1.73. The van der Waals surface area contributed by atoms with Crippen LogP contribution in [0.15, 0.2) is 17.8 Å². The molecule has 0 N–H and O–H groups in total. The molecule has 0 radical (unpaired) electrons. The first-order chi connectivity index (χ1) is 13.8. The Labute approximate surface area is 170 Å². The van der Waals surface area contributed by atoms with Crippen LogP contribution in [0.3, 0.4) is 0 Å². The van der Waals surface area contributed by atoms with Gasteiger partial charge in [0, 0.05) is 38.8 Å². The number of carbonyl (C=O) groups is 1. The zero-order chi connectivity index (χ0) is 18.9. The minimum Gasteiger partial charge on any atom is -0.356 e. The predicted molar refractivity (Wildman–Crippen MR) is 113 cm³/mol. The predicted octanol–water partition coefficient (Wildman–Crippen LogP) is 2.99. The molecule has 6 nitrogen and oxygen atoms in total. The third kappa shape index (κ3) is 3.50. The monoisotopic (exact) mass is 399 g/mol. The molecule has 7 heteroatoms. The maximum absolute atomic E-state index is 12.8. The number of hydrogen-bond acceptors (Lipinski definition) is 6. The molecule has 0 aromatic carbocycles. The molecule has 1 amide bonds. The summed E-state index contributed by atoms with van der Waals surface area (Å²) in [5, 5.41) is 3.28. The number of carbonyl (C=O) groups excluding carboxylic acids is 1. The van der Waals surface area contributed by atoms with Crippen LogP contribution >= 0.6 is 11.3 Å². The van der Waals surface area contributed by atoms with Crippen molar-refractivity contribution in [3.05, 3.63) is 17.8 Å². The lowest BCUT2D eigenvalue weighted by Gasteiger charge is -2.42. The number of rotatable bonds is 3. The first-order valence-electron chi connectivity index (χ1n) is 10.8. The highest BCUT2D eigenvalue weighted by Gasteiger charge is 2.34. The Bertz CT molecular complexity index is 825. The van der Waals surface area contributed by atoms with Crippen LogP contribution in [0.4, 0.5) is 5.82 Å². The van der Waals surface area contributed by atoms with E-state index < -0.39 is 0 Å². The molecule has 150 valence electrons. The number of piperidine rings is 2. The van der Waals surface area contributed by atoms with Gasteiger partial charge in [-0.25, -0.2) is 9.97 Å². The van der Waals surface area contributed by atoms with E-state index in [2.05, 4.69) is 36.1 Å². The van der Waals surface area contributed by atoms with E-state index in [-0.39, 0.29) is 5.92 Å². The first kappa shape index (κ1) is 18.3. The molecule has 2 aromatic rings. The SMILES string of the molecule is O=C([C@H]1CCCN(C2CCN(c3ncnc4sccc34)CC2)C1)N1CCCC1. The summed E-state index contributed by atoms with van der Waals surface area (Å²) in [6, 6.07) is 2.74. The van der Waals surface area contributed by atoms with E-state index in [1.165, 1.54) is 18.2 Å². The van der Waals surface area contributed by atoms with Crippen LogP contribution in [-0.4, -0.2) is 71.0 Å². The van der Waals surface area contributed by atoms with Crippen molar-refractivity contribution in [3.63, 3.8) is 0 Å². The molecule has 2 aromatic heterocycles. The van der Waals surface area contributed by atoms with Crippen LogP contribution < -0.4 is 4.90 Å². The average molecular weight is 400 g/mol. The molecule has 3 aliphatic heterocycles. The smallest absolute Gasteiger partial charge is 0.226 e. The van der Waals surface area contributed by atoms with Crippen LogP contribution in [0.5, 0.6) is 0 Å². The van der Waals surface area contributed by atoms with Gasteiger partial charge in [-0.3, -0.25) is 9.69 Å². The summed E-state index contributed by atoms with van der Waals surface area (Å²) >= 11 is 1.68. The number of thiophene rings is 1. The minimum atomic E-state index is 0.220. The van der Waals surface area contributed by atoms with Gasteiger partial charge in [-0.15, -0.1) is 11.3 Å². The van der Waals surface area contributed by atoms with E-state index >= 15 is 0 Å². The molecule has 0 unspecified atom stereocenters. The van der Waals surface area contributed by atoms with Gasteiger partial charge >= 0.3 is 0 Å². The molecule has 1 atom stereocenters. The molecule has 5 rings (SSSR count). The van der Waals surface area contributed by atoms with E-state index in [1.54, 1.807) is 17.7 Å². The van der Waals surface area contributed by atoms with Crippen LogP contribution in [0, 0.1) is 5.92 Å². The van der Waals surface area contributed by atoms with Crippen LogP contribution in [0.25, 0.3) is 10.2 Å². The third-order valence-corrected chi connectivity index (χ3v) is 7.56. The van der Waals surface area contributed by atoms with Gasteiger partial charge in [-0.2, -0.15) is 0 Å². The van der Waals surface area contributed by atoms with Gasteiger partial charge in [-0.05, 0) is 56.5 Å². The highest BCUT2D eigenvalue weighted by Crippen LogP contribution is 2.31. The maximum Gasteiger partial charge on any atom is 0.226 e. The number of nitrogens with zero attached hydrogens (tertiary/aromatic N) is 5. The Morgan fingerprint density at radius 1 is 1.00 bits per heavy atom. The van der Waals surface area contributed by atoms with Gasteiger partial charge in [0.2, 0.25) is 5.91 Å². The fourth-order valence-corrected chi connectivity index (χ4v) is 5.93. The summed E-state index contributed by atoms with van der Waals surface area (Å²) in [5.41, 5.74) is 0. The molecule has 0 bridgehead atoms. The second-order valence-electron chi connectivity index (χ2n) is 8.42. The molecule has 0 aliphatic carbocycles. The molecular formula is C21H29N5OS. The van der Waals surface area contributed by atoms with Crippen molar-refractivity contribution in [1.82, 2.24) is 19.8 Å². The Kier molecular flexibility index (Phi) is 5.20. The van der Waals surface area contributed by atoms with Crippen molar-refractivity contribution in [2.45, 2.75) is 44.6 Å². The quantitative estimate of drug-likeness (QED) is 0.794. The van der Waals surface area contributed by atoms with E-state index in [4.69, 9.17) is 0 Å². The van der Waals surface area contributed by atoms with Crippen molar-refractivity contribution >= 4 is 33.3 Å². The van der Waals surface area contributed by atoms with Crippen LogP contribution in [-0.2, 0) is 4.79 Å². The fourth-order valence-electron chi connectivity index (χ4n) is 5.21. The Balaban J connectivity index is 1.20. The van der Waals surface area contributed by atoms with E-state index in [9.17, 15) is 4.79 Å². The third-order valence-electron chi connectivity index (χ3n) is 6.74. The summed E-state index contributed by atoms with van der Waals surface area (Å²) in [4.78, 5) is 30.0. The van der Waals surface area contributed by atoms with Crippen LogP contribution in [0.1, 0.15) is 38.5 Å². The molecule has 5 heterocycles. The highest BCUT2D eigenvalue weighted by atomic mass is 32.1. The number of hydrogen-bond donors (Lipinski definition) is 0. The molecule has 0 spiro atoms. The first-order valence-corrected chi connectivity index (χ1v) is 11.6. The lowest BCUT2D eigenvalue weighted by molar-refractivity contribution is -0.136. The van der Waals surface area contributed by atoms with Crippen molar-refractivity contribution in [2.24, 2.45) is 5.92 Å². The molecule has 3 aliphatic rings. The van der Waals surface area contributed by atoms with Gasteiger partial charge in [-0.1, -0.05) is 0 Å². The number of aromatic nitrogens is 2. The second kappa shape index (κ2) is 7.95. The summed E-state index contributed by atoms with van der Waals surface area (Å²) < 4.78 is 0. The van der Waals surface area contributed by atoms with Gasteiger partial charge in [0.15, 0.2) is 0 Å². The number of likely N-dealkylation sites (tertiary alicyclic amines) is 2. The summed E-state index contributed by atoms with van der Waals surface area (Å²) in [6.07, 6.45) is 8.59. The Hall–Kier alpha value is -1.73. The Morgan fingerprint density at radius 3 is 2.64 bits per heavy atom. The fraction of sp³-hybridized carbons (Fsp3) is 0.667. The van der Waals surface area contributed by atoms with E-state index in [1.807, 2.05) is 0 Å². The van der Waals surface area contributed by atoms with Gasteiger partial charge in [0.1, 0.15) is 17.0 Å². The zero-order valence-corrected chi connectivity index (χ0v) is 17.2. The minimum absolute atomic E-state index is 0.220. The van der Waals surface area contributed by atoms with Crippen molar-refractivity contribution in [3.8, 4) is 0 Å². The molecule has 28 heavy (non-hydrogen) atoms. The molecular weight excluding hydrogens is 370 g/mol. The van der Waals surface area contributed by atoms with Crippen molar-refractivity contribution in [1.29, 1.82) is 0 Å². The second-order valence-corrected chi connectivity index (χ2v) is 9.32. The van der Waals surface area contributed by atoms with Gasteiger partial charge < -0.3 is 9.80 Å². The Morgan fingerprint density at radius 2 is 1.82 bits per heavy atom. The summed E-state index contributed by atoms with van der Waals surface area (Å²) in [6.45, 7) is 6.13. The standard InChI is InChI=1S/C21H29N5OS/c27-21(25-8-1-2-9-25)16-4-3-10-26(14-16)17-5-11-24(12-6-17)19-18-7-13-28-20(18)23-15-22-19/h7,13,15-17H,1-6,8-12,14H2/t16-/m0/s1. The van der Waals surface area contributed by atoms with Crippen LogP contribution in [0.2, 0.25) is 0 Å². The normalized spacial score (nSPS) is 24.9. The lowest BCUT2D eigenvalue weighted by atomic mass is 9.93. The summed E-state index contributed by atoms with van der Waals surface area (Å²) in [7, 11) is 0. The van der Waals surface area contributed by atoms with Gasteiger partial charge in [0.25, 0.3) is 0 Å². The number of fused-ring (bicyclic) bond motifs is 1. The number of anilines is 1. The number of amides is 1. The highest BCUT2D eigenvalue weighted by molar-refractivity contribution is 7.16. The van der Waals surface area contributed by atoms with E-state index in [0.717, 1.165) is 75.6 Å². The van der Waals surface area contributed by atoms with E-state index in [0.29, 0.717) is 11.9 Å². The zero-order valence-electron chi connectivity index (χ0n) is 16.4.